The molecule has 6 aromatic rings. The third kappa shape index (κ3) is 2.70. The van der Waals surface area contributed by atoms with Crippen molar-refractivity contribution in [1.82, 2.24) is 0 Å². The van der Waals surface area contributed by atoms with Crippen LogP contribution in [0.1, 0.15) is 24.8 Å². The molecule has 2 nitrogen and oxygen atoms in total. The minimum Gasteiger partial charge on any atom is -0.339 e. The van der Waals surface area contributed by atoms with Gasteiger partial charge in [0.2, 0.25) is 0 Å². The van der Waals surface area contributed by atoms with Gasteiger partial charge in [0, 0.05) is 54.7 Å². The Balaban J connectivity index is 1.27. The average Bonchev–Trinajstić information content (AvgIpc) is 3.62. The summed E-state index contributed by atoms with van der Waals surface area (Å²) in [5, 5.41) is 2.70. The molecule has 0 spiro atoms. The van der Waals surface area contributed by atoms with E-state index in [0.717, 1.165) is 5.92 Å². The van der Waals surface area contributed by atoms with Crippen LogP contribution in [0.3, 0.4) is 0 Å². The molecule has 4 heteroatoms. The molecule has 1 aromatic heterocycles. The van der Waals surface area contributed by atoms with Crippen LogP contribution < -0.4 is 26.2 Å². The van der Waals surface area contributed by atoms with Gasteiger partial charge in [0.25, 0.3) is 6.71 Å². The summed E-state index contributed by atoms with van der Waals surface area (Å²) in [5.41, 5.74) is 12.8. The normalized spacial score (nSPS) is 19.9. The molecule has 4 heterocycles. The van der Waals surface area contributed by atoms with Gasteiger partial charge >= 0.3 is 0 Å². The van der Waals surface area contributed by atoms with Crippen molar-refractivity contribution in [3.63, 3.8) is 0 Å². The van der Waals surface area contributed by atoms with Gasteiger partial charge in [0.15, 0.2) is 0 Å². The van der Waals surface area contributed by atoms with Crippen molar-refractivity contribution in [2.24, 2.45) is 5.92 Å². The topological polar surface area (TPSA) is 6.48 Å². The Morgan fingerprint density at radius 2 is 1.48 bits per heavy atom. The summed E-state index contributed by atoms with van der Waals surface area (Å²) >= 11 is 1.89. The molecule has 2 atom stereocenters. The van der Waals surface area contributed by atoms with Crippen LogP contribution in [-0.4, -0.2) is 12.8 Å². The summed E-state index contributed by atoms with van der Waals surface area (Å²) in [7, 11) is 0. The van der Waals surface area contributed by atoms with Gasteiger partial charge in [0.05, 0.1) is 0 Å². The number of anilines is 5. The fourth-order valence-electron chi connectivity index (χ4n) is 8.56. The van der Waals surface area contributed by atoms with Crippen LogP contribution in [0.25, 0.3) is 20.2 Å². The monoisotopic (exact) mass is 530 g/mol. The van der Waals surface area contributed by atoms with E-state index in [2.05, 4.69) is 113 Å². The molecule has 0 saturated heterocycles. The Hall–Kier alpha value is -4.02. The Kier molecular flexibility index (Phi) is 4.24. The van der Waals surface area contributed by atoms with Crippen molar-refractivity contribution in [3.8, 4) is 0 Å². The number of rotatable bonds is 1. The highest BCUT2D eigenvalue weighted by atomic mass is 32.1. The first-order valence-corrected chi connectivity index (χ1v) is 15.5. The van der Waals surface area contributed by atoms with E-state index < -0.39 is 0 Å². The lowest BCUT2D eigenvalue weighted by molar-refractivity contribution is 0.453. The zero-order valence-corrected chi connectivity index (χ0v) is 23.0. The Morgan fingerprint density at radius 1 is 0.675 bits per heavy atom. The summed E-state index contributed by atoms with van der Waals surface area (Å²) in [6, 6.07) is 39.9. The van der Waals surface area contributed by atoms with Crippen LogP contribution in [0.2, 0.25) is 0 Å². The summed E-state index contributed by atoms with van der Waals surface area (Å²) in [6.07, 6.45) is 5.23. The van der Waals surface area contributed by atoms with Crippen LogP contribution in [-0.2, 0) is 6.42 Å². The highest BCUT2D eigenvalue weighted by Gasteiger charge is 2.48. The van der Waals surface area contributed by atoms with Gasteiger partial charge in [-0.1, -0.05) is 67.1 Å². The summed E-state index contributed by atoms with van der Waals surface area (Å²) in [5.74, 6) is 0.761. The predicted molar refractivity (Wildman–Crippen MR) is 172 cm³/mol. The first-order chi connectivity index (χ1) is 19.8. The molecular formula is C36H27BN2S. The number of fused-ring (bicyclic) bond motifs is 9. The minimum atomic E-state index is 0.258. The number of benzene rings is 5. The van der Waals surface area contributed by atoms with E-state index in [1.54, 1.807) is 5.56 Å². The lowest BCUT2D eigenvalue weighted by Gasteiger charge is -2.49. The van der Waals surface area contributed by atoms with Crippen molar-refractivity contribution >= 4 is 83.0 Å². The quantitative estimate of drug-likeness (QED) is 0.203. The summed E-state index contributed by atoms with van der Waals surface area (Å²) in [4.78, 5) is 5.32. The second-order valence-corrected chi connectivity index (χ2v) is 13.1. The van der Waals surface area contributed by atoms with Crippen molar-refractivity contribution in [2.45, 2.75) is 31.7 Å². The molecule has 1 saturated carbocycles. The molecule has 5 aromatic carbocycles. The van der Waals surface area contributed by atoms with Crippen LogP contribution in [0.15, 0.2) is 103 Å². The Labute approximate surface area is 238 Å². The fourth-order valence-corrected chi connectivity index (χ4v) is 9.65. The number of hydrogen-bond donors (Lipinski definition) is 0. The van der Waals surface area contributed by atoms with Crippen LogP contribution in [0.4, 0.5) is 28.4 Å². The molecule has 2 unspecified atom stereocenters. The van der Waals surface area contributed by atoms with E-state index in [1.165, 1.54) is 90.7 Å². The van der Waals surface area contributed by atoms with E-state index >= 15 is 0 Å². The number of hydrogen-bond acceptors (Lipinski definition) is 3. The van der Waals surface area contributed by atoms with Gasteiger partial charge in [-0.3, -0.25) is 0 Å². The molecule has 0 bridgehead atoms. The first kappa shape index (κ1) is 21.8. The zero-order valence-electron chi connectivity index (χ0n) is 22.2. The molecule has 40 heavy (non-hydrogen) atoms. The summed E-state index contributed by atoms with van der Waals surface area (Å²) in [6.45, 7) is 0.258. The molecule has 4 aliphatic rings. The third-order valence-corrected chi connectivity index (χ3v) is 11.2. The predicted octanol–water partition coefficient (Wildman–Crippen LogP) is 7.53. The maximum Gasteiger partial charge on any atom is 0.252 e. The Bertz CT molecular complexity index is 2030. The molecule has 0 radical (unpaired) electrons. The molecule has 10 rings (SSSR count). The maximum absolute atomic E-state index is 2.78. The van der Waals surface area contributed by atoms with Gasteiger partial charge in [-0.15, -0.1) is 11.3 Å². The average molecular weight is 531 g/mol. The highest BCUT2D eigenvalue weighted by molar-refractivity contribution is 7.25. The van der Waals surface area contributed by atoms with E-state index in [4.69, 9.17) is 0 Å². The van der Waals surface area contributed by atoms with Gasteiger partial charge in [-0.25, -0.2) is 0 Å². The van der Waals surface area contributed by atoms with Crippen molar-refractivity contribution in [2.75, 3.05) is 9.80 Å². The van der Waals surface area contributed by atoms with Crippen molar-refractivity contribution in [1.29, 1.82) is 0 Å². The SMILES string of the molecule is c1ccc2c(c1)B1c3cccc4c3N(c3cccc(c31)N2c1ccc2sc3ccccc3c2c1)C1CCCC1C4. The number of nitrogens with zero attached hydrogens (tertiary/aromatic N) is 2. The number of thiophene rings is 1. The van der Waals surface area contributed by atoms with Gasteiger partial charge in [-0.05, 0) is 89.6 Å². The molecule has 0 amide bonds. The lowest BCUT2D eigenvalue weighted by atomic mass is 9.33. The minimum absolute atomic E-state index is 0.258. The third-order valence-electron chi connectivity index (χ3n) is 10.1. The maximum atomic E-state index is 2.78. The molecule has 190 valence electrons. The van der Waals surface area contributed by atoms with Crippen LogP contribution >= 0.6 is 11.3 Å². The number of para-hydroxylation sites is 2. The van der Waals surface area contributed by atoms with Crippen LogP contribution in [0.5, 0.6) is 0 Å². The Morgan fingerprint density at radius 3 is 2.48 bits per heavy atom. The first-order valence-electron chi connectivity index (χ1n) is 14.7. The van der Waals surface area contributed by atoms with Crippen molar-refractivity contribution in [3.05, 3.63) is 109 Å². The van der Waals surface area contributed by atoms with Gasteiger partial charge in [-0.2, -0.15) is 0 Å². The van der Waals surface area contributed by atoms with E-state index in [9.17, 15) is 0 Å². The molecule has 0 N–H and O–H groups in total. The van der Waals surface area contributed by atoms with Gasteiger partial charge < -0.3 is 9.80 Å². The second kappa shape index (κ2) is 7.80. The molecule has 1 aliphatic carbocycles. The smallest absolute Gasteiger partial charge is 0.252 e. The molecular weight excluding hydrogens is 503 g/mol. The largest absolute Gasteiger partial charge is 0.339 e. The molecule has 1 fully saturated rings. The van der Waals surface area contributed by atoms with E-state index in [1.807, 2.05) is 11.3 Å². The van der Waals surface area contributed by atoms with E-state index in [0.29, 0.717) is 6.04 Å². The standard InChI is InChI=1S/C36H27BN2S/c1-4-17-33-25(10-1)26-21-24(18-19-34(26)40-33)38-30-13-3-2-11-27(30)37-28-12-5-9-23-20-22-8-6-14-29(22)39(36(23)28)32-16-7-15-31(38)35(32)37/h1-5,7,9-13,15-19,21-22,29H,6,8,14,20H2. The lowest BCUT2D eigenvalue weighted by Crippen LogP contribution is -2.63. The molecule has 3 aliphatic heterocycles. The zero-order chi connectivity index (χ0) is 25.9. The second-order valence-electron chi connectivity index (χ2n) is 12.0. The highest BCUT2D eigenvalue weighted by Crippen LogP contribution is 2.49. The summed E-state index contributed by atoms with van der Waals surface area (Å²) < 4.78 is 2.71. The van der Waals surface area contributed by atoms with Crippen LogP contribution in [0, 0.1) is 5.92 Å². The fraction of sp³-hybridized carbons (Fsp3) is 0.167. The van der Waals surface area contributed by atoms with E-state index in [-0.39, 0.29) is 6.71 Å². The van der Waals surface area contributed by atoms with Gasteiger partial charge in [0.1, 0.15) is 0 Å². The van der Waals surface area contributed by atoms with Crippen molar-refractivity contribution < 1.29 is 0 Å².